The van der Waals surface area contributed by atoms with Crippen LogP contribution in [0, 0.1) is 0 Å². The summed E-state index contributed by atoms with van der Waals surface area (Å²) in [7, 11) is 0. The van der Waals surface area contributed by atoms with E-state index in [1.807, 2.05) is 0 Å². The van der Waals surface area contributed by atoms with E-state index in [2.05, 4.69) is 9.97 Å². The van der Waals surface area contributed by atoms with Crippen LogP contribution in [0.4, 0.5) is 0 Å². The maximum atomic E-state index is 11.8. The number of aromatic hydroxyl groups is 1. The monoisotopic (exact) mass is 227 g/mol. The van der Waals surface area contributed by atoms with Gasteiger partial charge >= 0.3 is 5.69 Å². The van der Waals surface area contributed by atoms with Crippen molar-refractivity contribution < 1.29 is 5.11 Å². The molecule has 3 rings (SSSR count). The van der Waals surface area contributed by atoms with E-state index in [9.17, 15) is 9.90 Å². The highest BCUT2D eigenvalue weighted by Crippen LogP contribution is 2.23. The van der Waals surface area contributed by atoms with E-state index < -0.39 is 0 Å². The fourth-order valence-electron chi connectivity index (χ4n) is 1.84. The normalized spacial score (nSPS) is 10.8. The molecule has 3 aromatic rings. The van der Waals surface area contributed by atoms with Crippen LogP contribution in [0.3, 0.4) is 0 Å². The second-order valence-corrected chi connectivity index (χ2v) is 3.63. The number of phenols is 1. The van der Waals surface area contributed by atoms with Gasteiger partial charge < -0.3 is 10.1 Å². The summed E-state index contributed by atoms with van der Waals surface area (Å²) in [6.45, 7) is 0. The summed E-state index contributed by atoms with van der Waals surface area (Å²) in [6, 6.07) is 10.2. The zero-order valence-electron chi connectivity index (χ0n) is 8.79. The summed E-state index contributed by atoms with van der Waals surface area (Å²) < 4.78 is 1.35. The van der Waals surface area contributed by atoms with Crippen LogP contribution >= 0.6 is 0 Å². The quantitative estimate of drug-likeness (QED) is 0.660. The minimum absolute atomic E-state index is 0.0477. The Morgan fingerprint density at radius 1 is 1.18 bits per heavy atom. The van der Waals surface area contributed by atoms with Crippen molar-refractivity contribution in [2.75, 3.05) is 0 Å². The zero-order valence-corrected chi connectivity index (χ0v) is 8.79. The molecule has 0 fully saturated rings. The van der Waals surface area contributed by atoms with Crippen LogP contribution in [-0.4, -0.2) is 19.6 Å². The van der Waals surface area contributed by atoms with Gasteiger partial charge in [0, 0.05) is 6.20 Å². The van der Waals surface area contributed by atoms with Crippen LogP contribution < -0.4 is 5.69 Å². The summed E-state index contributed by atoms with van der Waals surface area (Å²) in [4.78, 5) is 18.6. The molecule has 5 nitrogen and oxygen atoms in total. The fourth-order valence-corrected chi connectivity index (χ4v) is 1.84. The van der Waals surface area contributed by atoms with Gasteiger partial charge in [-0.2, -0.15) is 0 Å². The molecular weight excluding hydrogens is 218 g/mol. The van der Waals surface area contributed by atoms with E-state index in [-0.39, 0.29) is 11.4 Å². The van der Waals surface area contributed by atoms with Gasteiger partial charge in [-0.25, -0.2) is 14.3 Å². The second-order valence-electron chi connectivity index (χ2n) is 3.63. The molecule has 0 bridgehead atoms. The lowest BCUT2D eigenvalue weighted by atomic mass is 10.3. The van der Waals surface area contributed by atoms with Crippen molar-refractivity contribution in [3.05, 3.63) is 53.1 Å². The number of H-pyrrole nitrogens is 1. The molecule has 0 spiro atoms. The van der Waals surface area contributed by atoms with Gasteiger partial charge in [-0.3, -0.25) is 0 Å². The number of hydrogen-bond acceptors (Lipinski definition) is 3. The van der Waals surface area contributed by atoms with Crippen molar-refractivity contribution in [3.8, 4) is 11.6 Å². The molecule has 84 valence electrons. The van der Waals surface area contributed by atoms with Crippen LogP contribution in [0.1, 0.15) is 0 Å². The highest BCUT2D eigenvalue weighted by Gasteiger charge is 2.12. The maximum Gasteiger partial charge on any atom is 0.332 e. The number of phenolic OH excluding ortho intramolecular Hbond substituents is 1. The van der Waals surface area contributed by atoms with Crippen LogP contribution in [0.5, 0.6) is 5.75 Å². The molecular formula is C12H9N3O2. The summed E-state index contributed by atoms with van der Waals surface area (Å²) in [5, 5.41) is 9.82. The Morgan fingerprint density at radius 3 is 2.82 bits per heavy atom. The molecule has 2 aromatic heterocycles. The molecule has 0 unspecified atom stereocenters. The van der Waals surface area contributed by atoms with Gasteiger partial charge in [0.2, 0.25) is 0 Å². The zero-order chi connectivity index (χ0) is 11.8. The van der Waals surface area contributed by atoms with E-state index in [4.69, 9.17) is 0 Å². The van der Waals surface area contributed by atoms with Crippen LogP contribution in [0.25, 0.3) is 16.9 Å². The molecule has 0 aliphatic carbocycles. The Bertz CT molecular complexity index is 728. The minimum atomic E-state index is -0.319. The fraction of sp³-hybridized carbons (Fsp3) is 0. The molecule has 5 heteroatoms. The Hall–Kier alpha value is -2.56. The number of nitrogens with one attached hydrogen (secondary N) is 1. The molecule has 1 aromatic carbocycles. The van der Waals surface area contributed by atoms with Gasteiger partial charge in [0.1, 0.15) is 17.1 Å². The van der Waals surface area contributed by atoms with E-state index in [1.165, 1.54) is 10.6 Å². The molecule has 0 saturated heterocycles. The SMILES string of the molecule is O=c1[nH]c2cccc(O)c2n1-c1ccccn1. The van der Waals surface area contributed by atoms with Gasteiger partial charge in [-0.05, 0) is 24.3 Å². The molecule has 2 N–H and O–H groups in total. The third kappa shape index (κ3) is 1.40. The lowest BCUT2D eigenvalue weighted by Crippen LogP contribution is -2.15. The average Bonchev–Trinajstić information content (AvgIpc) is 2.68. The first-order valence-corrected chi connectivity index (χ1v) is 5.11. The van der Waals surface area contributed by atoms with Gasteiger partial charge in [0.25, 0.3) is 0 Å². The number of rotatable bonds is 1. The van der Waals surface area contributed by atoms with E-state index in [1.54, 1.807) is 36.5 Å². The summed E-state index contributed by atoms with van der Waals surface area (Å²) >= 11 is 0. The smallest absolute Gasteiger partial charge is 0.332 e. The number of fused-ring (bicyclic) bond motifs is 1. The molecule has 0 aliphatic heterocycles. The highest BCUT2D eigenvalue weighted by atomic mass is 16.3. The Morgan fingerprint density at radius 2 is 2.06 bits per heavy atom. The molecule has 2 heterocycles. The van der Waals surface area contributed by atoms with Gasteiger partial charge in [-0.15, -0.1) is 0 Å². The highest BCUT2D eigenvalue weighted by molar-refractivity contribution is 5.83. The van der Waals surface area contributed by atoms with Crippen LogP contribution in [0.2, 0.25) is 0 Å². The predicted molar refractivity (Wildman–Crippen MR) is 63.4 cm³/mol. The first kappa shape index (κ1) is 9.65. The average molecular weight is 227 g/mol. The number of aromatic amines is 1. The number of imidazole rings is 1. The number of hydrogen-bond donors (Lipinski definition) is 2. The number of aromatic nitrogens is 3. The van der Waals surface area contributed by atoms with Gasteiger partial charge in [0.05, 0.1) is 5.52 Å². The lowest BCUT2D eigenvalue weighted by molar-refractivity contribution is 0.479. The van der Waals surface area contributed by atoms with E-state index in [0.717, 1.165) is 0 Å². The van der Waals surface area contributed by atoms with Gasteiger partial charge in [-0.1, -0.05) is 12.1 Å². The number of nitrogens with zero attached hydrogens (tertiary/aromatic N) is 2. The largest absolute Gasteiger partial charge is 0.506 e. The molecule has 0 saturated carbocycles. The number of pyridine rings is 1. The van der Waals surface area contributed by atoms with Crippen LogP contribution in [-0.2, 0) is 0 Å². The molecule has 0 aliphatic rings. The first-order valence-electron chi connectivity index (χ1n) is 5.11. The van der Waals surface area contributed by atoms with Crippen molar-refractivity contribution in [2.45, 2.75) is 0 Å². The van der Waals surface area contributed by atoms with Crippen molar-refractivity contribution in [2.24, 2.45) is 0 Å². The predicted octanol–water partition coefficient (Wildman–Crippen LogP) is 1.42. The first-order chi connectivity index (χ1) is 8.27. The standard InChI is InChI=1S/C12H9N3O2/c16-9-5-3-4-8-11(9)15(12(17)14-8)10-6-1-2-7-13-10/h1-7,16H,(H,14,17). The summed E-state index contributed by atoms with van der Waals surface area (Å²) in [5.74, 6) is 0.525. The topological polar surface area (TPSA) is 70.9 Å². The Balaban J connectivity index is 2.45. The number of benzene rings is 1. The van der Waals surface area contributed by atoms with Crippen molar-refractivity contribution in [3.63, 3.8) is 0 Å². The van der Waals surface area contributed by atoms with E-state index in [0.29, 0.717) is 16.9 Å². The third-order valence-electron chi connectivity index (χ3n) is 2.56. The van der Waals surface area contributed by atoms with Crippen molar-refractivity contribution in [1.82, 2.24) is 14.5 Å². The lowest BCUT2D eigenvalue weighted by Gasteiger charge is -2.02. The summed E-state index contributed by atoms with van der Waals surface area (Å²) in [6.07, 6.45) is 1.60. The van der Waals surface area contributed by atoms with Crippen molar-refractivity contribution >= 4 is 11.0 Å². The molecule has 0 radical (unpaired) electrons. The third-order valence-corrected chi connectivity index (χ3v) is 2.56. The minimum Gasteiger partial charge on any atom is -0.506 e. The Labute approximate surface area is 96.0 Å². The molecule has 17 heavy (non-hydrogen) atoms. The number of para-hydroxylation sites is 1. The van der Waals surface area contributed by atoms with Crippen LogP contribution in [0.15, 0.2) is 47.4 Å². The van der Waals surface area contributed by atoms with E-state index >= 15 is 0 Å². The molecule has 0 atom stereocenters. The summed E-state index contributed by atoms with van der Waals surface area (Å²) in [5.41, 5.74) is 0.706. The second kappa shape index (κ2) is 3.48. The van der Waals surface area contributed by atoms with Gasteiger partial charge in [0.15, 0.2) is 0 Å². The molecule has 0 amide bonds. The maximum absolute atomic E-state index is 11.8. The Kier molecular flexibility index (Phi) is 1.98. The van der Waals surface area contributed by atoms with Crippen molar-refractivity contribution in [1.29, 1.82) is 0 Å².